The molecule has 1 heterocycles. The Kier molecular flexibility index (Phi) is 3.78. The second kappa shape index (κ2) is 5.02. The van der Waals surface area contributed by atoms with E-state index in [1.165, 1.54) is 6.42 Å². The molecule has 0 radical (unpaired) electrons. The van der Waals surface area contributed by atoms with Crippen LogP contribution in [0.25, 0.3) is 0 Å². The molecular formula is C14H24N2O2. The zero-order chi connectivity index (χ0) is 13.2. The number of hydrogen-bond acceptors (Lipinski definition) is 4. The molecular weight excluding hydrogens is 228 g/mol. The van der Waals surface area contributed by atoms with Gasteiger partial charge in [0.1, 0.15) is 5.76 Å². The van der Waals surface area contributed by atoms with Crippen LogP contribution in [0.3, 0.4) is 0 Å². The molecule has 0 unspecified atom stereocenters. The van der Waals surface area contributed by atoms with E-state index >= 15 is 0 Å². The van der Waals surface area contributed by atoms with Gasteiger partial charge in [0.05, 0.1) is 19.3 Å². The van der Waals surface area contributed by atoms with Gasteiger partial charge in [-0.3, -0.25) is 0 Å². The van der Waals surface area contributed by atoms with Gasteiger partial charge in [0.15, 0.2) is 0 Å². The number of aliphatic hydroxyl groups excluding tert-OH is 1. The smallest absolute Gasteiger partial charge is 0.150 e. The molecule has 1 aliphatic carbocycles. The van der Waals surface area contributed by atoms with Gasteiger partial charge in [-0.25, -0.2) is 0 Å². The van der Waals surface area contributed by atoms with E-state index in [-0.39, 0.29) is 17.6 Å². The number of nitrogens with one attached hydrogen (secondary N) is 1. The molecule has 4 heteroatoms. The molecule has 2 rings (SSSR count). The summed E-state index contributed by atoms with van der Waals surface area (Å²) >= 11 is 0. The van der Waals surface area contributed by atoms with Crippen molar-refractivity contribution in [2.24, 2.45) is 11.3 Å². The van der Waals surface area contributed by atoms with Gasteiger partial charge in [-0.2, -0.15) is 0 Å². The molecule has 0 amide bonds. The first-order chi connectivity index (χ1) is 8.45. The summed E-state index contributed by atoms with van der Waals surface area (Å²) in [7, 11) is 0. The van der Waals surface area contributed by atoms with Crippen LogP contribution in [-0.4, -0.2) is 22.4 Å². The number of aliphatic hydroxyl groups is 1. The van der Waals surface area contributed by atoms with Gasteiger partial charge in [0.2, 0.25) is 0 Å². The van der Waals surface area contributed by atoms with E-state index < -0.39 is 0 Å². The third-order valence-electron chi connectivity index (χ3n) is 3.89. The third-order valence-corrected chi connectivity index (χ3v) is 3.89. The Hall–Kier alpha value is -0.870. The fraction of sp³-hybridized carbons (Fsp3) is 0.786. The Labute approximate surface area is 109 Å². The Morgan fingerprint density at radius 2 is 2.28 bits per heavy atom. The van der Waals surface area contributed by atoms with Crippen molar-refractivity contribution in [3.8, 4) is 0 Å². The van der Waals surface area contributed by atoms with Crippen LogP contribution >= 0.6 is 0 Å². The minimum atomic E-state index is -0.187. The zero-order valence-electron chi connectivity index (χ0n) is 11.6. The molecule has 1 aromatic rings. The third kappa shape index (κ3) is 3.12. The van der Waals surface area contributed by atoms with Gasteiger partial charge < -0.3 is 14.9 Å². The molecule has 18 heavy (non-hydrogen) atoms. The Morgan fingerprint density at radius 3 is 2.83 bits per heavy atom. The summed E-state index contributed by atoms with van der Waals surface area (Å²) in [6.45, 7) is 7.63. The Morgan fingerprint density at radius 1 is 1.50 bits per heavy atom. The highest BCUT2D eigenvalue weighted by atomic mass is 16.5. The number of rotatable bonds is 4. The zero-order valence-corrected chi connectivity index (χ0v) is 11.6. The van der Waals surface area contributed by atoms with Gasteiger partial charge in [-0.05, 0) is 30.6 Å². The van der Waals surface area contributed by atoms with Crippen molar-refractivity contribution in [2.45, 2.75) is 52.1 Å². The summed E-state index contributed by atoms with van der Waals surface area (Å²) in [5.41, 5.74) is 0.0861. The molecule has 1 aromatic heterocycles. The maximum Gasteiger partial charge on any atom is 0.150 e. The Bertz CT molecular complexity index is 375. The van der Waals surface area contributed by atoms with Crippen LogP contribution < -0.4 is 5.32 Å². The van der Waals surface area contributed by atoms with Crippen molar-refractivity contribution < 1.29 is 9.63 Å². The quantitative estimate of drug-likeness (QED) is 0.863. The lowest BCUT2D eigenvalue weighted by atomic mass is 9.64. The SMILES string of the molecule is C[C@@H]1CC(C)(C)C[C@@](CO)(NCc2ccno2)C1. The van der Waals surface area contributed by atoms with Crippen LogP contribution in [-0.2, 0) is 6.54 Å². The maximum absolute atomic E-state index is 9.81. The van der Waals surface area contributed by atoms with E-state index in [9.17, 15) is 5.11 Å². The summed E-state index contributed by atoms with van der Waals surface area (Å²) in [5.74, 6) is 1.45. The van der Waals surface area contributed by atoms with Crippen molar-refractivity contribution in [3.05, 3.63) is 18.0 Å². The van der Waals surface area contributed by atoms with Crippen molar-refractivity contribution >= 4 is 0 Å². The summed E-state index contributed by atoms with van der Waals surface area (Å²) in [5, 5.41) is 17.0. The van der Waals surface area contributed by atoms with E-state index in [1.54, 1.807) is 6.20 Å². The molecule has 0 bridgehead atoms. The standard InChI is InChI=1S/C14H24N2O2/c1-11-6-13(2,3)9-14(7-11,10-17)15-8-12-4-5-16-18-12/h4-5,11,15,17H,6-10H2,1-3H3/t11-,14+/m1/s1. The molecule has 102 valence electrons. The summed E-state index contributed by atoms with van der Waals surface area (Å²) in [4.78, 5) is 0. The lowest BCUT2D eigenvalue weighted by Gasteiger charge is -2.47. The van der Waals surface area contributed by atoms with Crippen molar-refractivity contribution in [1.82, 2.24) is 10.5 Å². The first-order valence-electron chi connectivity index (χ1n) is 6.70. The molecule has 4 nitrogen and oxygen atoms in total. The highest BCUT2D eigenvalue weighted by Crippen LogP contribution is 2.43. The Balaban J connectivity index is 2.05. The summed E-state index contributed by atoms with van der Waals surface area (Å²) in [6, 6.07) is 1.86. The summed E-state index contributed by atoms with van der Waals surface area (Å²) < 4.78 is 5.10. The highest BCUT2D eigenvalue weighted by Gasteiger charge is 2.42. The first kappa shape index (κ1) is 13.6. The normalized spacial score (nSPS) is 31.4. The number of hydrogen-bond donors (Lipinski definition) is 2. The largest absolute Gasteiger partial charge is 0.394 e. The predicted molar refractivity (Wildman–Crippen MR) is 70.0 cm³/mol. The molecule has 1 aliphatic rings. The van der Waals surface area contributed by atoms with Gasteiger partial charge in [0.25, 0.3) is 0 Å². The van der Waals surface area contributed by atoms with Gasteiger partial charge in [0, 0.05) is 11.6 Å². The molecule has 2 atom stereocenters. The van der Waals surface area contributed by atoms with Crippen molar-refractivity contribution in [1.29, 1.82) is 0 Å². The predicted octanol–water partition coefficient (Wildman–Crippen LogP) is 2.34. The fourth-order valence-electron chi connectivity index (χ4n) is 3.66. The highest BCUT2D eigenvalue weighted by molar-refractivity contribution is 5.01. The average molecular weight is 252 g/mol. The van der Waals surface area contributed by atoms with E-state index in [4.69, 9.17) is 4.52 Å². The lowest BCUT2D eigenvalue weighted by Crippen LogP contribution is -2.54. The fourth-order valence-corrected chi connectivity index (χ4v) is 3.66. The molecule has 2 N–H and O–H groups in total. The van der Waals surface area contributed by atoms with Crippen LogP contribution in [0.1, 0.15) is 45.8 Å². The minimum absolute atomic E-state index is 0.176. The minimum Gasteiger partial charge on any atom is -0.394 e. The van der Waals surface area contributed by atoms with E-state index in [1.807, 2.05) is 6.07 Å². The topological polar surface area (TPSA) is 58.3 Å². The molecule has 1 saturated carbocycles. The number of aromatic nitrogens is 1. The second-order valence-corrected chi connectivity index (χ2v) is 6.63. The molecule has 0 aliphatic heterocycles. The van der Waals surface area contributed by atoms with Gasteiger partial charge in [-0.1, -0.05) is 25.9 Å². The van der Waals surface area contributed by atoms with Crippen LogP contribution in [0.4, 0.5) is 0 Å². The summed E-state index contributed by atoms with van der Waals surface area (Å²) in [6.07, 6.45) is 4.88. The monoisotopic (exact) mass is 252 g/mol. The molecule has 0 aromatic carbocycles. The van der Waals surface area contributed by atoms with Gasteiger partial charge >= 0.3 is 0 Å². The average Bonchev–Trinajstić information content (AvgIpc) is 2.76. The maximum atomic E-state index is 9.81. The van der Waals surface area contributed by atoms with Crippen molar-refractivity contribution in [3.63, 3.8) is 0 Å². The van der Waals surface area contributed by atoms with Crippen LogP contribution in [0.15, 0.2) is 16.8 Å². The molecule has 1 fully saturated rings. The van der Waals surface area contributed by atoms with E-state index in [0.717, 1.165) is 18.6 Å². The van der Waals surface area contributed by atoms with Gasteiger partial charge in [-0.15, -0.1) is 0 Å². The van der Waals surface area contributed by atoms with Crippen LogP contribution in [0.5, 0.6) is 0 Å². The van der Waals surface area contributed by atoms with E-state index in [0.29, 0.717) is 12.5 Å². The molecule has 0 saturated heterocycles. The molecule has 0 spiro atoms. The number of nitrogens with zero attached hydrogens (tertiary/aromatic N) is 1. The van der Waals surface area contributed by atoms with Crippen LogP contribution in [0.2, 0.25) is 0 Å². The second-order valence-electron chi connectivity index (χ2n) is 6.63. The lowest BCUT2D eigenvalue weighted by molar-refractivity contribution is 0.0338. The van der Waals surface area contributed by atoms with Crippen molar-refractivity contribution in [2.75, 3.05) is 6.61 Å². The van der Waals surface area contributed by atoms with E-state index in [2.05, 4.69) is 31.2 Å². The first-order valence-corrected chi connectivity index (χ1v) is 6.70. The van der Waals surface area contributed by atoms with Crippen LogP contribution in [0, 0.1) is 11.3 Å².